The van der Waals surface area contributed by atoms with E-state index in [-0.39, 0.29) is 5.91 Å². The molecule has 1 atom stereocenters. The fourth-order valence-corrected chi connectivity index (χ4v) is 4.95. The number of nitrogens with one attached hydrogen (secondary N) is 2. The summed E-state index contributed by atoms with van der Waals surface area (Å²) in [6, 6.07) is 25.9. The van der Waals surface area contributed by atoms with Gasteiger partial charge in [0.25, 0.3) is 5.91 Å². The predicted octanol–water partition coefficient (Wildman–Crippen LogP) is 6.11. The Morgan fingerprint density at radius 3 is 2.43 bits per heavy atom. The summed E-state index contributed by atoms with van der Waals surface area (Å²) < 4.78 is 1.83. The summed E-state index contributed by atoms with van der Waals surface area (Å²) in [5.41, 5.74) is 6.54. The first-order chi connectivity index (χ1) is 17.0. The van der Waals surface area contributed by atoms with Gasteiger partial charge in [-0.15, -0.1) is 5.10 Å². The van der Waals surface area contributed by atoms with E-state index in [0.717, 1.165) is 33.8 Å². The summed E-state index contributed by atoms with van der Waals surface area (Å²) in [5.74, 6) is 1.25. The van der Waals surface area contributed by atoms with Crippen molar-refractivity contribution in [1.82, 2.24) is 14.8 Å². The molecule has 2 heterocycles. The smallest absolute Gasteiger partial charge is 0.255 e. The molecule has 0 fully saturated rings. The molecule has 0 bridgehead atoms. The van der Waals surface area contributed by atoms with Crippen molar-refractivity contribution in [2.75, 3.05) is 10.6 Å². The minimum atomic E-state index is -0.394. The molecule has 35 heavy (non-hydrogen) atoms. The molecule has 3 aromatic carbocycles. The minimum absolute atomic E-state index is 0.158. The van der Waals surface area contributed by atoms with E-state index in [1.165, 1.54) is 5.56 Å². The van der Waals surface area contributed by atoms with Crippen molar-refractivity contribution in [3.8, 4) is 0 Å². The third kappa shape index (κ3) is 4.86. The monoisotopic (exact) mass is 481 g/mol. The molecule has 0 spiro atoms. The van der Waals surface area contributed by atoms with Crippen LogP contribution < -0.4 is 10.6 Å². The second-order valence-electron chi connectivity index (χ2n) is 8.68. The van der Waals surface area contributed by atoms with Crippen LogP contribution in [0.4, 0.5) is 11.6 Å². The van der Waals surface area contributed by atoms with Crippen molar-refractivity contribution in [3.05, 3.63) is 112 Å². The number of hydrogen-bond donors (Lipinski definition) is 2. The fraction of sp³-hybridized carbons (Fsp3) is 0.179. The molecular weight excluding hydrogens is 454 g/mol. The zero-order valence-corrected chi connectivity index (χ0v) is 20.8. The van der Waals surface area contributed by atoms with Crippen molar-refractivity contribution >= 4 is 29.3 Å². The van der Waals surface area contributed by atoms with Crippen LogP contribution in [0, 0.1) is 13.8 Å². The quantitative estimate of drug-likeness (QED) is 0.325. The molecular formula is C28H27N5OS. The first-order valence-electron chi connectivity index (χ1n) is 11.5. The van der Waals surface area contributed by atoms with E-state index in [0.29, 0.717) is 16.7 Å². The summed E-state index contributed by atoms with van der Waals surface area (Å²) in [6.45, 7) is 5.96. The van der Waals surface area contributed by atoms with E-state index in [1.807, 2.05) is 61.0 Å². The van der Waals surface area contributed by atoms with Gasteiger partial charge in [0, 0.05) is 17.1 Å². The van der Waals surface area contributed by atoms with Crippen LogP contribution >= 0.6 is 11.8 Å². The molecule has 1 aromatic heterocycles. The molecule has 176 valence electrons. The van der Waals surface area contributed by atoms with E-state index < -0.39 is 6.04 Å². The number of anilines is 2. The van der Waals surface area contributed by atoms with Crippen LogP contribution in [-0.4, -0.2) is 20.7 Å². The van der Waals surface area contributed by atoms with Crippen LogP contribution in [0.1, 0.15) is 35.2 Å². The number of carbonyl (C=O) groups excluding carboxylic acids is 1. The van der Waals surface area contributed by atoms with Gasteiger partial charge in [-0.3, -0.25) is 4.79 Å². The Kier molecular flexibility index (Phi) is 6.42. The average molecular weight is 482 g/mol. The number of amides is 1. The number of para-hydroxylation sites is 1. The second kappa shape index (κ2) is 9.80. The van der Waals surface area contributed by atoms with Crippen LogP contribution in [0.25, 0.3) is 0 Å². The van der Waals surface area contributed by atoms with Crippen molar-refractivity contribution in [2.45, 2.75) is 37.7 Å². The second-order valence-corrected chi connectivity index (χ2v) is 9.63. The number of rotatable bonds is 6. The largest absolute Gasteiger partial charge is 0.328 e. The van der Waals surface area contributed by atoms with Crippen LogP contribution in [0.2, 0.25) is 0 Å². The van der Waals surface area contributed by atoms with Crippen LogP contribution in [0.3, 0.4) is 0 Å². The van der Waals surface area contributed by atoms with Gasteiger partial charge >= 0.3 is 0 Å². The molecule has 0 radical (unpaired) electrons. The van der Waals surface area contributed by atoms with Gasteiger partial charge in [-0.2, -0.15) is 4.98 Å². The van der Waals surface area contributed by atoms with E-state index in [2.05, 4.69) is 54.0 Å². The fourth-order valence-electron chi connectivity index (χ4n) is 4.17. The maximum atomic E-state index is 13.6. The van der Waals surface area contributed by atoms with Gasteiger partial charge in [0.2, 0.25) is 11.1 Å². The third-order valence-corrected chi connectivity index (χ3v) is 6.98. The molecule has 4 aromatic rings. The third-order valence-electron chi connectivity index (χ3n) is 6.07. The van der Waals surface area contributed by atoms with Gasteiger partial charge in [-0.05, 0) is 43.5 Å². The number of aryl methyl sites for hydroxylation is 2. The predicted molar refractivity (Wildman–Crippen MR) is 141 cm³/mol. The maximum Gasteiger partial charge on any atom is 0.255 e. The van der Waals surface area contributed by atoms with Gasteiger partial charge in [-0.1, -0.05) is 90.1 Å². The normalized spacial score (nSPS) is 14.9. The van der Waals surface area contributed by atoms with E-state index in [1.54, 1.807) is 11.8 Å². The Hall–Kier alpha value is -3.84. The number of fused-ring (bicyclic) bond motifs is 1. The maximum absolute atomic E-state index is 13.6. The van der Waals surface area contributed by atoms with Gasteiger partial charge in [0.1, 0.15) is 6.04 Å². The number of benzene rings is 3. The Morgan fingerprint density at radius 2 is 1.69 bits per heavy atom. The highest BCUT2D eigenvalue weighted by Gasteiger charge is 2.34. The average Bonchev–Trinajstić information content (AvgIpc) is 3.27. The lowest BCUT2D eigenvalue weighted by molar-refractivity contribution is -0.113. The first kappa shape index (κ1) is 22.9. The molecule has 1 unspecified atom stereocenters. The minimum Gasteiger partial charge on any atom is -0.328 e. The molecule has 1 amide bonds. The number of allylic oxidation sites excluding steroid dienone is 1. The van der Waals surface area contributed by atoms with Gasteiger partial charge in [0.05, 0.1) is 5.57 Å². The lowest BCUT2D eigenvalue weighted by Gasteiger charge is -2.29. The molecule has 1 aliphatic rings. The Morgan fingerprint density at radius 1 is 0.971 bits per heavy atom. The Balaban J connectivity index is 1.50. The lowest BCUT2D eigenvalue weighted by atomic mass is 9.94. The molecule has 2 N–H and O–H groups in total. The zero-order valence-electron chi connectivity index (χ0n) is 19.9. The SMILES string of the molecule is CC1=C(C(=O)Nc2ccccc2C)C(c2ccc(C)cc2)n2nc(SCc3ccccc3)nc2N1. The summed E-state index contributed by atoms with van der Waals surface area (Å²) in [5, 5.41) is 11.9. The summed E-state index contributed by atoms with van der Waals surface area (Å²) >= 11 is 1.58. The first-order valence-corrected chi connectivity index (χ1v) is 12.5. The molecule has 0 saturated heterocycles. The van der Waals surface area contributed by atoms with Crippen LogP contribution in [0.5, 0.6) is 0 Å². The molecule has 7 heteroatoms. The number of nitrogens with zero attached hydrogens (tertiary/aromatic N) is 3. The number of hydrogen-bond acceptors (Lipinski definition) is 5. The van der Waals surface area contributed by atoms with Gasteiger partial charge < -0.3 is 10.6 Å². The topological polar surface area (TPSA) is 71.8 Å². The lowest BCUT2D eigenvalue weighted by Crippen LogP contribution is -2.31. The number of thioether (sulfide) groups is 1. The standard InChI is InChI=1S/C28H27N5OS/c1-18-13-15-22(16-14-18)25-24(26(34)30-23-12-8-7-9-19(23)2)20(3)29-27-31-28(32-33(25)27)35-17-21-10-5-4-6-11-21/h4-16,25H,17H2,1-3H3,(H,30,34)(H,29,31,32). The molecule has 5 rings (SSSR count). The molecule has 0 aliphatic carbocycles. The van der Waals surface area contributed by atoms with Crippen molar-refractivity contribution in [2.24, 2.45) is 0 Å². The molecule has 6 nitrogen and oxygen atoms in total. The number of carbonyl (C=O) groups is 1. The van der Waals surface area contributed by atoms with E-state index >= 15 is 0 Å². The Bertz CT molecular complexity index is 1390. The van der Waals surface area contributed by atoms with Gasteiger partial charge in [-0.25, -0.2) is 4.68 Å². The molecule has 1 aliphatic heterocycles. The van der Waals surface area contributed by atoms with E-state index in [4.69, 9.17) is 10.1 Å². The highest BCUT2D eigenvalue weighted by atomic mass is 32.2. The van der Waals surface area contributed by atoms with Crippen molar-refractivity contribution < 1.29 is 4.79 Å². The molecule has 0 saturated carbocycles. The highest BCUT2D eigenvalue weighted by Crippen LogP contribution is 2.37. The summed E-state index contributed by atoms with van der Waals surface area (Å²) in [7, 11) is 0. The summed E-state index contributed by atoms with van der Waals surface area (Å²) in [6.07, 6.45) is 0. The van der Waals surface area contributed by atoms with Gasteiger partial charge in [0.15, 0.2) is 0 Å². The zero-order chi connectivity index (χ0) is 24.4. The number of aromatic nitrogens is 3. The van der Waals surface area contributed by atoms with Crippen LogP contribution in [0.15, 0.2) is 95.3 Å². The Labute approximate surface area is 209 Å². The van der Waals surface area contributed by atoms with Crippen molar-refractivity contribution in [1.29, 1.82) is 0 Å². The highest BCUT2D eigenvalue weighted by molar-refractivity contribution is 7.98. The van der Waals surface area contributed by atoms with Crippen LogP contribution in [-0.2, 0) is 10.5 Å². The van der Waals surface area contributed by atoms with Crippen molar-refractivity contribution in [3.63, 3.8) is 0 Å². The summed E-state index contributed by atoms with van der Waals surface area (Å²) in [4.78, 5) is 18.4. The van der Waals surface area contributed by atoms with E-state index in [9.17, 15) is 4.79 Å².